The van der Waals surface area contributed by atoms with Crippen molar-refractivity contribution in [3.05, 3.63) is 126 Å². The Balaban J connectivity index is 0.000000235. The number of aliphatic imine (C=N–C) groups is 1. The van der Waals surface area contributed by atoms with Gasteiger partial charge in [0.05, 0.1) is 19.4 Å². The third-order valence-corrected chi connectivity index (χ3v) is 6.25. The molecule has 2 aromatic heterocycles. The number of nitrogen functional groups attached to an aromatic ring is 1. The maximum Gasteiger partial charge on any atom is 0.332 e. The third kappa shape index (κ3) is 8.29. The van der Waals surface area contributed by atoms with Gasteiger partial charge in [0.2, 0.25) is 0 Å². The molecule has 42 heavy (non-hydrogen) atoms. The zero-order chi connectivity index (χ0) is 30.6. The van der Waals surface area contributed by atoms with Crippen molar-refractivity contribution < 1.29 is 0 Å². The van der Waals surface area contributed by atoms with Crippen LogP contribution in [-0.2, 0) is 26.2 Å². The second-order valence-corrected chi connectivity index (χ2v) is 9.97. The van der Waals surface area contributed by atoms with E-state index in [1.807, 2.05) is 88.6 Å². The zero-order valence-electron chi connectivity index (χ0n) is 24.6. The number of rotatable bonds is 10. The monoisotopic (exact) mass is 573 g/mol. The van der Waals surface area contributed by atoms with E-state index in [0.717, 1.165) is 24.0 Å². The molecule has 2 aromatic carbocycles. The minimum atomic E-state index is -0.351. The predicted molar refractivity (Wildman–Crippen MR) is 168 cm³/mol. The molecule has 2 heterocycles. The first-order chi connectivity index (χ1) is 20.2. The molecule has 0 amide bonds. The number of hydrogen-bond acceptors (Lipinski definition) is 6. The van der Waals surface area contributed by atoms with E-state index >= 15 is 0 Å². The molecule has 0 fully saturated rings. The number of benzene rings is 2. The van der Waals surface area contributed by atoms with E-state index in [-0.39, 0.29) is 28.3 Å². The van der Waals surface area contributed by atoms with Crippen LogP contribution in [0, 0.1) is 0 Å². The number of anilines is 1. The highest BCUT2D eigenvalue weighted by Gasteiger charge is 2.11. The Morgan fingerprint density at radius 1 is 0.690 bits per heavy atom. The molecule has 11 nitrogen and oxygen atoms in total. The Hall–Kier alpha value is -4.93. The molecule has 0 saturated carbocycles. The van der Waals surface area contributed by atoms with E-state index in [0.29, 0.717) is 32.0 Å². The first-order valence-corrected chi connectivity index (χ1v) is 13.9. The van der Waals surface area contributed by atoms with Crippen molar-refractivity contribution in [3.8, 4) is 0 Å². The largest absolute Gasteiger partial charge is 0.385 e. The summed E-state index contributed by atoms with van der Waals surface area (Å²) in [6.07, 6.45) is 3.03. The van der Waals surface area contributed by atoms with E-state index in [1.54, 1.807) is 11.2 Å². The summed E-state index contributed by atoms with van der Waals surface area (Å²) in [4.78, 5) is 54.9. The van der Waals surface area contributed by atoms with Crippen LogP contribution in [-0.4, -0.2) is 43.6 Å². The van der Waals surface area contributed by atoms with Crippen LogP contribution < -0.4 is 28.2 Å². The average molecular weight is 574 g/mol. The molecule has 0 aliphatic rings. The first-order valence-electron chi connectivity index (χ1n) is 13.9. The Labute approximate surface area is 244 Å². The molecule has 0 radical (unpaired) electrons. The minimum Gasteiger partial charge on any atom is -0.385 e. The average Bonchev–Trinajstić information content (AvgIpc) is 2.97. The Morgan fingerprint density at radius 3 is 1.62 bits per heavy atom. The maximum atomic E-state index is 12.7. The Kier molecular flexibility index (Phi) is 11.4. The molecule has 4 aromatic rings. The number of hydrogen-bond donors (Lipinski definition) is 1. The fourth-order valence-corrected chi connectivity index (χ4v) is 4.22. The number of nitrogens with zero attached hydrogens (tertiary/aromatic N) is 6. The molecule has 0 aliphatic carbocycles. The van der Waals surface area contributed by atoms with Crippen LogP contribution in [0.3, 0.4) is 0 Å². The van der Waals surface area contributed by atoms with Gasteiger partial charge in [-0.2, -0.15) is 0 Å². The van der Waals surface area contributed by atoms with Gasteiger partial charge >= 0.3 is 11.4 Å². The van der Waals surface area contributed by atoms with Gasteiger partial charge in [-0.3, -0.25) is 27.9 Å². The lowest BCUT2D eigenvalue weighted by molar-refractivity contribution is 0.567. The summed E-state index contributed by atoms with van der Waals surface area (Å²) in [5.74, 6) is 0.566. The summed E-state index contributed by atoms with van der Waals surface area (Å²) in [7, 11) is 3.67. The third-order valence-electron chi connectivity index (χ3n) is 6.25. The van der Waals surface area contributed by atoms with Gasteiger partial charge in [0.15, 0.2) is 0 Å². The summed E-state index contributed by atoms with van der Waals surface area (Å²) >= 11 is 0. The summed E-state index contributed by atoms with van der Waals surface area (Å²) in [5.41, 5.74) is 6.41. The molecule has 4 rings (SSSR count). The highest BCUT2D eigenvalue weighted by Crippen LogP contribution is 2.10. The Bertz CT molecular complexity index is 1720. The summed E-state index contributed by atoms with van der Waals surface area (Å²) in [6.45, 7) is 5.42. The van der Waals surface area contributed by atoms with Crippen molar-refractivity contribution >= 4 is 18.0 Å². The van der Waals surface area contributed by atoms with Crippen molar-refractivity contribution in [2.24, 2.45) is 4.99 Å². The summed E-state index contributed by atoms with van der Waals surface area (Å²) in [5, 5.41) is 0. The normalized spacial score (nSPS) is 10.9. The molecule has 0 bridgehead atoms. The van der Waals surface area contributed by atoms with Gasteiger partial charge in [-0.05, 0) is 24.0 Å². The molecule has 0 saturated heterocycles. The standard InChI is InChI=1S/C17H22N4O2.C14H17N3O2/c1-4-10-20-16(22)11-15(18-13-19(2)3)21(17(20)23)12-14-8-6-5-7-9-14;1-2-8-16-13(18)9-12(15)17(14(16)19)10-11-6-4-3-5-7-11/h5-9,11,13H,4,10,12H2,1-3H3;3-7,9H,2,8,10,15H2,1H3. The molecular formula is C31H39N7O4. The van der Waals surface area contributed by atoms with Crippen LogP contribution in [0.15, 0.2) is 97.0 Å². The second kappa shape index (κ2) is 15.2. The van der Waals surface area contributed by atoms with Crippen LogP contribution in [0.2, 0.25) is 0 Å². The molecule has 0 unspecified atom stereocenters. The van der Waals surface area contributed by atoms with Crippen molar-refractivity contribution in [2.45, 2.75) is 52.9 Å². The highest BCUT2D eigenvalue weighted by molar-refractivity contribution is 5.59. The van der Waals surface area contributed by atoms with Crippen LogP contribution in [0.1, 0.15) is 37.8 Å². The smallest absolute Gasteiger partial charge is 0.332 e. The maximum absolute atomic E-state index is 12.7. The van der Waals surface area contributed by atoms with Crippen molar-refractivity contribution in [1.82, 2.24) is 23.2 Å². The van der Waals surface area contributed by atoms with Gasteiger partial charge in [-0.25, -0.2) is 14.6 Å². The van der Waals surface area contributed by atoms with Crippen molar-refractivity contribution in [3.63, 3.8) is 0 Å². The fraction of sp³-hybridized carbons (Fsp3) is 0.323. The topological polar surface area (TPSA) is 130 Å². The lowest BCUT2D eigenvalue weighted by atomic mass is 10.2. The second-order valence-electron chi connectivity index (χ2n) is 9.97. The summed E-state index contributed by atoms with van der Waals surface area (Å²) in [6, 6.07) is 21.9. The zero-order valence-corrected chi connectivity index (χ0v) is 24.6. The molecular weight excluding hydrogens is 534 g/mol. The van der Waals surface area contributed by atoms with Crippen LogP contribution in [0.25, 0.3) is 0 Å². The Morgan fingerprint density at radius 2 is 1.14 bits per heavy atom. The fourth-order valence-electron chi connectivity index (χ4n) is 4.22. The van der Waals surface area contributed by atoms with E-state index < -0.39 is 0 Å². The number of aromatic nitrogens is 4. The van der Waals surface area contributed by atoms with Crippen LogP contribution in [0.4, 0.5) is 11.6 Å². The molecule has 0 aliphatic heterocycles. The van der Waals surface area contributed by atoms with Crippen LogP contribution >= 0.6 is 0 Å². The molecule has 222 valence electrons. The SMILES string of the molecule is CCCn1c(=O)cc(N)n(Cc2ccccc2)c1=O.CCCn1c(=O)cc(N=CN(C)C)n(Cc2ccccc2)c1=O. The van der Waals surface area contributed by atoms with Gasteiger partial charge < -0.3 is 10.6 Å². The molecule has 0 atom stereocenters. The van der Waals surface area contributed by atoms with Gasteiger partial charge in [0, 0.05) is 39.3 Å². The summed E-state index contributed by atoms with van der Waals surface area (Å²) < 4.78 is 5.44. The lowest BCUT2D eigenvalue weighted by Crippen LogP contribution is -2.40. The first kappa shape index (κ1) is 31.6. The number of nitrogens with two attached hydrogens (primary N) is 1. The van der Waals surface area contributed by atoms with Gasteiger partial charge in [-0.1, -0.05) is 74.5 Å². The minimum absolute atomic E-state index is 0.200. The van der Waals surface area contributed by atoms with Crippen molar-refractivity contribution in [1.29, 1.82) is 0 Å². The van der Waals surface area contributed by atoms with E-state index in [1.165, 1.54) is 30.4 Å². The van der Waals surface area contributed by atoms with Crippen molar-refractivity contribution in [2.75, 3.05) is 19.8 Å². The predicted octanol–water partition coefficient (Wildman–Crippen LogP) is 2.74. The molecule has 11 heteroatoms. The van der Waals surface area contributed by atoms with Gasteiger partial charge in [-0.15, -0.1) is 0 Å². The van der Waals surface area contributed by atoms with E-state index in [4.69, 9.17) is 5.73 Å². The quantitative estimate of drug-likeness (QED) is 0.229. The molecule has 0 spiro atoms. The van der Waals surface area contributed by atoms with Gasteiger partial charge in [0.25, 0.3) is 11.1 Å². The van der Waals surface area contributed by atoms with Gasteiger partial charge in [0.1, 0.15) is 11.6 Å². The van der Waals surface area contributed by atoms with E-state index in [2.05, 4.69) is 4.99 Å². The van der Waals surface area contributed by atoms with E-state index in [9.17, 15) is 19.2 Å². The van der Waals surface area contributed by atoms with Crippen LogP contribution in [0.5, 0.6) is 0 Å². The highest BCUT2D eigenvalue weighted by atomic mass is 16.2. The molecule has 2 N–H and O–H groups in total. The lowest BCUT2D eigenvalue weighted by Gasteiger charge is -2.13.